The number of rotatable bonds is 7. The van der Waals surface area contributed by atoms with Crippen LogP contribution in [0.4, 0.5) is 5.69 Å². The van der Waals surface area contributed by atoms with E-state index in [9.17, 15) is 4.79 Å². The van der Waals surface area contributed by atoms with Crippen molar-refractivity contribution in [3.8, 4) is 11.5 Å². The highest BCUT2D eigenvalue weighted by Gasteiger charge is 2.11. The highest BCUT2D eigenvalue weighted by molar-refractivity contribution is 8.00. The molecule has 0 aliphatic rings. The number of anilines is 1. The molecule has 4 rings (SSSR count). The van der Waals surface area contributed by atoms with Crippen molar-refractivity contribution >= 4 is 44.9 Å². The smallest absolute Gasteiger partial charge is 0.255 e. The first-order valence-electron chi connectivity index (χ1n) is 9.27. The second-order valence-electron chi connectivity index (χ2n) is 6.45. The number of ether oxygens (including phenoxy) is 2. The topological polar surface area (TPSA) is 60.5 Å². The highest BCUT2D eigenvalue weighted by Crippen LogP contribution is 2.35. The summed E-state index contributed by atoms with van der Waals surface area (Å²) < 4.78 is 12.8. The molecular weight excluding hydrogens is 416 g/mol. The van der Waals surface area contributed by atoms with Crippen LogP contribution >= 0.6 is 23.1 Å². The molecule has 0 saturated carbocycles. The Hall–Kier alpha value is -3.03. The van der Waals surface area contributed by atoms with Gasteiger partial charge in [-0.1, -0.05) is 30.0 Å². The van der Waals surface area contributed by atoms with E-state index in [2.05, 4.69) is 5.32 Å². The third-order valence-corrected chi connectivity index (χ3v) is 6.71. The van der Waals surface area contributed by atoms with E-state index in [0.717, 1.165) is 43.1 Å². The monoisotopic (exact) mass is 436 g/mol. The van der Waals surface area contributed by atoms with Gasteiger partial charge in [0, 0.05) is 22.6 Å². The van der Waals surface area contributed by atoms with Crippen LogP contribution in [0.25, 0.3) is 10.2 Å². The van der Waals surface area contributed by atoms with Gasteiger partial charge in [0.2, 0.25) is 0 Å². The molecule has 1 aromatic heterocycles. The van der Waals surface area contributed by atoms with Crippen LogP contribution in [-0.2, 0) is 5.75 Å². The summed E-state index contributed by atoms with van der Waals surface area (Å²) in [7, 11) is 3.32. The SMILES string of the molecule is COc1ccc(OC)c(CSc2nc3ccc(NC(=O)c4ccccc4)cc3s2)c1. The van der Waals surface area contributed by atoms with Gasteiger partial charge in [-0.05, 0) is 48.5 Å². The number of aromatic nitrogens is 1. The number of methoxy groups -OCH3 is 2. The summed E-state index contributed by atoms with van der Waals surface area (Å²) in [5.74, 6) is 2.22. The quantitative estimate of drug-likeness (QED) is 0.368. The Kier molecular flexibility index (Phi) is 6.21. The van der Waals surface area contributed by atoms with E-state index in [-0.39, 0.29) is 5.91 Å². The predicted octanol–water partition coefficient (Wildman–Crippen LogP) is 5.86. The lowest BCUT2D eigenvalue weighted by molar-refractivity contribution is 0.102. The van der Waals surface area contributed by atoms with Crippen molar-refractivity contribution in [3.63, 3.8) is 0 Å². The fourth-order valence-corrected chi connectivity index (χ4v) is 5.06. The molecule has 0 aliphatic heterocycles. The average molecular weight is 437 g/mol. The maximum absolute atomic E-state index is 12.4. The average Bonchev–Trinajstić information content (AvgIpc) is 3.20. The molecule has 7 heteroatoms. The summed E-state index contributed by atoms with van der Waals surface area (Å²) in [4.78, 5) is 17.1. The number of nitrogens with one attached hydrogen (secondary N) is 1. The van der Waals surface area contributed by atoms with E-state index >= 15 is 0 Å². The van der Waals surface area contributed by atoms with E-state index in [0.29, 0.717) is 5.56 Å². The van der Waals surface area contributed by atoms with Gasteiger partial charge in [-0.25, -0.2) is 4.98 Å². The molecule has 0 unspecified atom stereocenters. The van der Waals surface area contributed by atoms with Crippen LogP contribution in [0.1, 0.15) is 15.9 Å². The fourth-order valence-electron chi connectivity index (χ4n) is 2.97. The molecule has 0 atom stereocenters. The lowest BCUT2D eigenvalue weighted by Crippen LogP contribution is -2.11. The number of nitrogens with zero attached hydrogens (tertiary/aromatic N) is 1. The number of thiazole rings is 1. The third-order valence-electron chi connectivity index (χ3n) is 4.50. The first-order valence-corrected chi connectivity index (χ1v) is 11.1. The largest absolute Gasteiger partial charge is 0.497 e. The normalized spacial score (nSPS) is 10.7. The lowest BCUT2D eigenvalue weighted by Gasteiger charge is -2.09. The number of thioether (sulfide) groups is 1. The maximum Gasteiger partial charge on any atom is 0.255 e. The molecule has 3 aromatic carbocycles. The van der Waals surface area contributed by atoms with Crippen LogP contribution in [0, 0.1) is 0 Å². The molecule has 0 bridgehead atoms. The van der Waals surface area contributed by atoms with Crippen LogP contribution in [-0.4, -0.2) is 25.1 Å². The van der Waals surface area contributed by atoms with Crippen molar-refractivity contribution in [1.82, 2.24) is 4.98 Å². The second kappa shape index (κ2) is 9.19. The molecule has 1 heterocycles. The molecule has 0 spiro atoms. The van der Waals surface area contributed by atoms with Crippen molar-refractivity contribution in [2.24, 2.45) is 0 Å². The minimum Gasteiger partial charge on any atom is -0.497 e. The molecule has 0 fully saturated rings. The zero-order valence-corrected chi connectivity index (χ0v) is 18.2. The zero-order chi connectivity index (χ0) is 20.9. The summed E-state index contributed by atoms with van der Waals surface area (Å²) in [5.41, 5.74) is 3.35. The summed E-state index contributed by atoms with van der Waals surface area (Å²) in [6.07, 6.45) is 0. The Labute approximate surface area is 183 Å². The Morgan fingerprint density at radius 1 is 1.03 bits per heavy atom. The van der Waals surface area contributed by atoms with Crippen LogP contribution < -0.4 is 14.8 Å². The van der Waals surface area contributed by atoms with E-state index in [1.807, 2.05) is 54.6 Å². The Morgan fingerprint density at radius 2 is 1.87 bits per heavy atom. The van der Waals surface area contributed by atoms with Crippen molar-refractivity contribution in [2.75, 3.05) is 19.5 Å². The van der Waals surface area contributed by atoms with E-state index in [4.69, 9.17) is 14.5 Å². The second-order valence-corrected chi connectivity index (χ2v) is 8.70. The van der Waals surface area contributed by atoms with Gasteiger partial charge in [0.1, 0.15) is 11.5 Å². The van der Waals surface area contributed by atoms with Crippen LogP contribution in [0.3, 0.4) is 0 Å². The number of hydrogen-bond acceptors (Lipinski definition) is 6. The van der Waals surface area contributed by atoms with Crippen molar-refractivity contribution in [3.05, 3.63) is 77.9 Å². The standard InChI is InChI=1S/C23H20N2O3S2/c1-27-18-9-11-20(28-2)16(12-18)14-29-23-25-19-10-8-17(13-21(19)30-23)24-22(26)15-6-4-3-5-7-15/h3-13H,14H2,1-2H3,(H,24,26). The van der Waals surface area contributed by atoms with Gasteiger partial charge in [0.15, 0.2) is 4.34 Å². The van der Waals surface area contributed by atoms with Crippen molar-refractivity contribution in [2.45, 2.75) is 10.1 Å². The number of carbonyl (C=O) groups excluding carboxylic acids is 1. The predicted molar refractivity (Wildman–Crippen MR) is 123 cm³/mol. The Morgan fingerprint density at radius 3 is 2.63 bits per heavy atom. The zero-order valence-electron chi connectivity index (χ0n) is 16.5. The minimum atomic E-state index is -0.126. The summed E-state index contributed by atoms with van der Waals surface area (Å²) in [5, 5.41) is 2.95. The molecule has 4 aromatic rings. The molecule has 5 nitrogen and oxygen atoms in total. The molecule has 30 heavy (non-hydrogen) atoms. The molecule has 1 amide bonds. The van der Waals surface area contributed by atoms with Gasteiger partial charge in [0.05, 0.1) is 24.4 Å². The molecule has 0 radical (unpaired) electrons. The van der Waals surface area contributed by atoms with Gasteiger partial charge in [0.25, 0.3) is 5.91 Å². The van der Waals surface area contributed by atoms with Gasteiger partial charge >= 0.3 is 0 Å². The highest BCUT2D eigenvalue weighted by atomic mass is 32.2. The number of carbonyl (C=O) groups is 1. The first kappa shape index (κ1) is 20.3. The minimum absolute atomic E-state index is 0.126. The van der Waals surface area contributed by atoms with E-state index < -0.39 is 0 Å². The molecule has 152 valence electrons. The Bertz CT molecular complexity index is 1180. The lowest BCUT2D eigenvalue weighted by atomic mass is 10.2. The maximum atomic E-state index is 12.4. The third kappa shape index (κ3) is 4.58. The summed E-state index contributed by atoms with van der Waals surface area (Å²) >= 11 is 3.25. The van der Waals surface area contributed by atoms with Crippen LogP contribution in [0.15, 0.2) is 71.1 Å². The number of amides is 1. The van der Waals surface area contributed by atoms with Crippen LogP contribution in [0.2, 0.25) is 0 Å². The van der Waals surface area contributed by atoms with Crippen molar-refractivity contribution < 1.29 is 14.3 Å². The van der Waals surface area contributed by atoms with Gasteiger partial charge in [-0.2, -0.15) is 0 Å². The fraction of sp³-hybridized carbons (Fsp3) is 0.130. The Balaban J connectivity index is 1.48. The number of fused-ring (bicyclic) bond motifs is 1. The molecular formula is C23H20N2O3S2. The summed E-state index contributed by atoms with van der Waals surface area (Å²) in [6, 6.07) is 20.7. The molecule has 1 N–H and O–H groups in total. The first-order chi connectivity index (χ1) is 14.7. The van der Waals surface area contributed by atoms with Gasteiger partial charge in [-0.15, -0.1) is 11.3 Å². The van der Waals surface area contributed by atoms with E-state index in [1.165, 1.54) is 0 Å². The number of hydrogen-bond donors (Lipinski definition) is 1. The van der Waals surface area contributed by atoms with Crippen molar-refractivity contribution in [1.29, 1.82) is 0 Å². The molecule has 0 aliphatic carbocycles. The van der Waals surface area contributed by atoms with Gasteiger partial charge < -0.3 is 14.8 Å². The summed E-state index contributed by atoms with van der Waals surface area (Å²) in [6.45, 7) is 0. The van der Waals surface area contributed by atoms with E-state index in [1.54, 1.807) is 49.5 Å². The number of benzene rings is 3. The molecule has 0 saturated heterocycles. The van der Waals surface area contributed by atoms with Crippen LogP contribution in [0.5, 0.6) is 11.5 Å². The van der Waals surface area contributed by atoms with Gasteiger partial charge in [-0.3, -0.25) is 4.79 Å².